The summed E-state index contributed by atoms with van der Waals surface area (Å²) < 4.78 is 54.5. The van der Waals surface area contributed by atoms with Crippen molar-refractivity contribution < 1.29 is 27.4 Å². The van der Waals surface area contributed by atoms with Gasteiger partial charge in [0.05, 0.1) is 12.2 Å². The summed E-state index contributed by atoms with van der Waals surface area (Å²) in [6, 6.07) is 19.9. The Labute approximate surface area is 207 Å². The molecule has 0 aliphatic carbocycles. The van der Waals surface area contributed by atoms with Gasteiger partial charge in [-0.1, -0.05) is 60.7 Å². The number of benzene rings is 4. The third-order valence-corrected chi connectivity index (χ3v) is 5.51. The first-order valence-electron chi connectivity index (χ1n) is 11.4. The highest BCUT2D eigenvalue weighted by Gasteiger charge is 2.17. The molecule has 0 radical (unpaired) electrons. The van der Waals surface area contributed by atoms with Crippen molar-refractivity contribution in [2.24, 2.45) is 0 Å². The van der Waals surface area contributed by atoms with Crippen LogP contribution in [0.4, 0.5) is 13.2 Å². The molecule has 0 unspecified atom stereocenters. The van der Waals surface area contributed by atoms with Crippen LogP contribution in [0, 0.1) is 17.5 Å². The normalized spacial score (nSPS) is 11.0. The zero-order valence-corrected chi connectivity index (χ0v) is 19.7. The number of rotatable bonds is 7. The van der Waals surface area contributed by atoms with E-state index in [2.05, 4.69) is 0 Å². The zero-order valence-electron chi connectivity index (χ0n) is 19.7. The number of allylic oxidation sites excluding steroid dienone is 1. The van der Waals surface area contributed by atoms with Crippen molar-refractivity contribution in [3.63, 3.8) is 0 Å². The van der Waals surface area contributed by atoms with Gasteiger partial charge in [0.15, 0.2) is 23.2 Å². The average Bonchev–Trinajstić information content (AvgIpc) is 2.88. The highest BCUT2D eigenvalue weighted by atomic mass is 19.2. The molecule has 0 fully saturated rings. The number of carbonyl (C=O) groups is 1. The van der Waals surface area contributed by atoms with Crippen LogP contribution in [0.25, 0.3) is 28.3 Å². The maximum Gasteiger partial charge on any atom is 0.343 e. The Balaban J connectivity index is 1.53. The molecule has 0 amide bonds. The molecule has 0 atom stereocenters. The van der Waals surface area contributed by atoms with Gasteiger partial charge in [0, 0.05) is 17.2 Å². The fraction of sp³-hybridized carbons (Fsp3) is 0.100. The predicted molar refractivity (Wildman–Crippen MR) is 134 cm³/mol. The Morgan fingerprint density at radius 2 is 1.39 bits per heavy atom. The van der Waals surface area contributed by atoms with Gasteiger partial charge in [0.1, 0.15) is 5.75 Å². The van der Waals surface area contributed by atoms with Gasteiger partial charge in [0.25, 0.3) is 0 Å². The van der Waals surface area contributed by atoms with Gasteiger partial charge in [-0.2, -0.15) is 0 Å². The maximum absolute atomic E-state index is 15.0. The van der Waals surface area contributed by atoms with Gasteiger partial charge >= 0.3 is 5.97 Å². The van der Waals surface area contributed by atoms with Gasteiger partial charge in [-0.3, -0.25) is 0 Å². The van der Waals surface area contributed by atoms with Crippen LogP contribution in [-0.2, 0) is 0 Å². The van der Waals surface area contributed by atoms with Crippen LogP contribution < -0.4 is 9.47 Å². The predicted octanol–water partition coefficient (Wildman–Crippen LogP) is 8.09. The Bertz CT molecular complexity index is 1410. The van der Waals surface area contributed by atoms with Crippen molar-refractivity contribution in [3.05, 3.63) is 114 Å². The van der Waals surface area contributed by atoms with E-state index in [0.717, 1.165) is 11.6 Å². The molecule has 3 nitrogen and oxygen atoms in total. The Morgan fingerprint density at radius 3 is 1.92 bits per heavy atom. The van der Waals surface area contributed by atoms with E-state index in [-0.39, 0.29) is 22.4 Å². The van der Waals surface area contributed by atoms with Gasteiger partial charge < -0.3 is 9.47 Å². The molecule has 0 bridgehead atoms. The van der Waals surface area contributed by atoms with Crippen LogP contribution >= 0.6 is 0 Å². The van der Waals surface area contributed by atoms with E-state index in [9.17, 15) is 18.0 Å². The summed E-state index contributed by atoms with van der Waals surface area (Å²) in [5.41, 5.74) is 2.24. The molecule has 0 aliphatic heterocycles. The quantitative estimate of drug-likeness (QED) is 0.195. The number of esters is 1. The van der Waals surface area contributed by atoms with Crippen LogP contribution in [0.5, 0.6) is 11.5 Å². The minimum atomic E-state index is -0.989. The topological polar surface area (TPSA) is 35.5 Å². The summed E-state index contributed by atoms with van der Waals surface area (Å²) in [6.45, 7) is 4.05. The van der Waals surface area contributed by atoms with Gasteiger partial charge in [-0.15, -0.1) is 0 Å². The minimum absolute atomic E-state index is 0.0549. The molecule has 0 spiro atoms. The van der Waals surface area contributed by atoms with Crippen molar-refractivity contribution >= 4 is 12.0 Å². The summed E-state index contributed by atoms with van der Waals surface area (Å²) in [4.78, 5) is 12.5. The van der Waals surface area contributed by atoms with Crippen LogP contribution in [0.1, 0.15) is 29.8 Å². The van der Waals surface area contributed by atoms with Gasteiger partial charge in [-0.05, 0) is 54.8 Å². The first-order chi connectivity index (χ1) is 17.4. The zero-order chi connectivity index (χ0) is 25.7. The SMILES string of the molecule is C/C=C/c1ccc(-c2ccc(-c3ccc(C(=O)Oc4ccc(OCC)cc4F)cc3)c(F)c2F)cc1. The number of hydrogen-bond donors (Lipinski definition) is 0. The summed E-state index contributed by atoms with van der Waals surface area (Å²) in [6.07, 6.45) is 3.81. The maximum atomic E-state index is 15.0. The second kappa shape index (κ2) is 11.0. The Kier molecular flexibility index (Phi) is 7.54. The summed E-state index contributed by atoms with van der Waals surface area (Å²) >= 11 is 0. The lowest BCUT2D eigenvalue weighted by atomic mass is 9.97. The standard InChI is InChI=1S/C30H23F3O3/c1-3-5-19-6-8-20(9-7-19)24-15-16-25(29(33)28(24)32)21-10-12-22(13-11-21)30(34)36-27-17-14-23(35-4-2)18-26(27)31/h3,5-18H,4H2,1-2H3/b5-3+. The molecule has 6 heteroatoms. The minimum Gasteiger partial charge on any atom is -0.494 e. The molecule has 4 aromatic carbocycles. The molecular weight excluding hydrogens is 465 g/mol. The van der Waals surface area contributed by atoms with Crippen molar-refractivity contribution in [2.75, 3.05) is 6.61 Å². The lowest BCUT2D eigenvalue weighted by Gasteiger charge is -2.11. The molecule has 0 saturated heterocycles. The van der Waals surface area contributed by atoms with Crippen molar-refractivity contribution in [2.45, 2.75) is 13.8 Å². The van der Waals surface area contributed by atoms with E-state index in [1.165, 1.54) is 48.5 Å². The molecule has 4 rings (SSSR count). The van der Waals surface area contributed by atoms with E-state index >= 15 is 0 Å². The number of carbonyl (C=O) groups excluding carboxylic acids is 1. The smallest absolute Gasteiger partial charge is 0.343 e. The fourth-order valence-corrected chi connectivity index (χ4v) is 3.73. The largest absolute Gasteiger partial charge is 0.494 e. The number of hydrogen-bond acceptors (Lipinski definition) is 3. The van der Waals surface area contributed by atoms with E-state index in [4.69, 9.17) is 9.47 Å². The lowest BCUT2D eigenvalue weighted by Crippen LogP contribution is -2.09. The monoisotopic (exact) mass is 488 g/mol. The van der Waals surface area contributed by atoms with E-state index < -0.39 is 23.4 Å². The molecule has 4 aromatic rings. The van der Waals surface area contributed by atoms with Crippen LogP contribution in [0.3, 0.4) is 0 Å². The molecule has 0 heterocycles. The average molecular weight is 489 g/mol. The second-order valence-corrected chi connectivity index (χ2v) is 7.90. The highest BCUT2D eigenvalue weighted by molar-refractivity contribution is 5.91. The van der Waals surface area contributed by atoms with Crippen LogP contribution in [-0.4, -0.2) is 12.6 Å². The molecule has 182 valence electrons. The van der Waals surface area contributed by atoms with E-state index in [1.54, 1.807) is 19.1 Å². The van der Waals surface area contributed by atoms with Crippen molar-refractivity contribution in [3.8, 4) is 33.8 Å². The fourth-order valence-electron chi connectivity index (χ4n) is 3.73. The van der Waals surface area contributed by atoms with Gasteiger partial charge in [0.2, 0.25) is 0 Å². The molecule has 0 aromatic heterocycles. The highest BCUT2D eigenvalue weighted by Crippen LogP contribution is 2.32. The first kappa shape index (κ1) is 24.8. The van der Waals surface area contributed by atoms with Crippen LogP contribution in [0.15, 0.2) is 84.9 Å². The van der Waals surface area contributed by atoms with Crippen molar-refractivity contribution in [1.29, 1.82) is 0 Å². The number of ether oxygens (including phenoxy) is 2. The lowest BCUT2D eigenvalue weighted by molar-refractivity contribution is 0.0727. The summed E-state index contributed by atoms with van der Waals surface area (Å²) in [5, 5.41) is 0. The van der Waals surface area contributed by atoms with E-state index in [1.807, 2.05) is 31.2 Å². The molecule has 0 aliphatic rings. The Hall–Kier alpha value is -4.32. The second-order valence-electron chi connectivity index (χ2n) is 7.90. The molecule has 0 saturated carbocycles. The Morgan fingerprint density at radius 1 is 0.806 bits per heavy atom. The van der Waals surface area contributed by atoms with Crippen molar-refractivity contribution in [1.82, 2.24) is 0 Å². The van der Waals surface area contributed by atoms with E-state index in [0.29, 0.717) is 23.5 Å². The molecule has 0 N–H and O–H groups in total. The first-order valence-corrected chi connectivity index (χ1v) is 11.4. The number of halogens is 3. The molecular formula is C30H23F3O3. The third kappa shape index (κ3) is 5.33. The van der Waals surface area contributed by atoms with Gasteiger partial charge in [-0.25, -0.2) is 18.0 Å². The summed E-state index contributed by atoms with van der Waals surface area (Å²) in [7, 11) is 0. The third-order valence-electron chi connectivity index (χ3n) is 5.51. The van der Waals surface area contributed by atoms with Crippen LogP contribution in [0.2, 0.25) is 0 Å². The molecule has 36 heavy (non-hydrogen) atoms. The summed E-state index contributed by atoms with van der Waals surface area (Å²) in [5.74, 6) is -3.38.